The van der Waals surface area contributed by atoms with Crippen LogP contribution >= 0.6 is 0 Å². The van der Waals surface area contributed by atoms with Gasteiger partial charge in [-0.15, -0.1) is 0 Å². The smallest absolute Gasteiger partial charge is 0.253 e. The molecule has 156 valence electrons. The zero-order valence-electron chi connectivity index (χ0n) is 16.4. The Morgan fingerprint density at radius 3 is 2.17 bits per heavy atom. The Balaban J connectivity index is 1.66. The molecule has 0 radical (unpaired) electrons. The number of amides is 1. The lowest BCUT2D eigenvalue weighted by atomic mass is 10.0. The Morgan fingerprint density at radius 1 is 1.00 bits per heavy atom. The number of nitrogens with zero attached hydrogens (tertiary/aromatic N) is 2. The molecule has 1 fully saturated rings. The maximum atomic E-state index is 13.9. The van der Waals surface area contributed by atoms with Gasteiger partial charge in [0, 0.05) is 37.8 Å². The van der Waals surface area contributed by atoms with Crippen molar-refractivity contribution in [1.82, 2.24) is 9.21 Å². The number of carbonyl (C=O) groups is 1. The first-order valence-corrected chi connectivity index (χ1v) is 11.0. The van der Waals surface area contributed by atoms with Crippen molar-refractivity contribution >= 4 is 15.9 Å². The van der Waals surface area contributed by atoms with Gasteiger partial charge in [0.25, 0.3) is 5.91 Å². The van der Waals surface area contributed by atoms with Gasteiger partial charge < -0.3 is 4.90 Å². The summed E-state index contributed by atoms with van der Waals surface area (Å²) in [5, 5.41) is 0. The SMILES string of the molecule is CC(C)Cc1ccc(C(=O)N2CCN(S(=O)(=O)c3ccc(F)cc3F)CC2)cc1. The third-order valence-electron chi connectivity index (χ3n) is 4.88. The van der Waals surface area contributed by atoms with Gasteiger partial charge in [0.15, 0.2) is 0 Å². The Bertz CT molecular complexity index is 983. The molecule has 2 aromatic carbocycles. The number of hydrogen-bond donors (Lipinski definition) is 0. The fourth-order valence-electron chi connectivity index (χ4n) is 3.39. The minimum Gasteiger partial charge on any atom is -0.336 e. The van der Waals surface area contributed by atoms with E-state index >= 15 is 0 Å². The molecule has 1 aliphatic rings. The van der Waals surface area contributed by atoms with Crippen LogP contribution in [0, 0.1) is 17.6 Å². The van der Waals surface area contributed by atoms with Crippen LogP contribution in [0.4, 0.5) is 8.78 Å². The number of rotatable bonds is 5. The molecule has 1 amide bonds. The van der Waals surface area contributed by atoms with E-state index in [0.717, 1.165) is 28.4 Å². The molecule has 0 spiro atoms. The van der Waals surface area contributed by atoms with E-state index in [0.29, 0.717) is 17.5 Å². The van der Waals surface area contributed by atoms with Crippen molar-refractivity contribution in [2.75, 3.05) is 26.2 Å². The maximum Gasteiger partial charge on any atom is 0.253 e. The molecule has 0 unspecified atom stereocenters. The van der Waals surface area contributed by atoms with E-state index in [-0.39, 0.29) is 32.1 Å². The molecule has 3 rings (SSSR count). The minimum absolute atomic E-state index is 0.0519. The van der Waals surface area contributed by atoms with Gasteiger partial charge in [0.05, 0.1) is 0 Å². The second kappa shape index (κ2) is 8.59. The number of carbonyl (C=O) groups excluding carboxylic acids is 1. The third-order valence-corrected chi connectivity index (χ3v) is 6.81. The molecule has 0 atom stereocenters. The van der Waals surface area contributed by atoms with Crippen LogP contribution in [0.1, 0.15) is 29.8 Å². The second-order valence-electron chi connectivity index (χ2n) is 7.57. The topological polar surface area (TPSA) is 57.7 Å². The monoisotopic (exact) mass is 422 g/mol. The van der Waals surface area contributed by atoms with Crippen molar-refractivity contribution in [2.24, 2.45) is 5.92 Å². The van der Waals surface area contributed by atoms with E-state index in [4.69, 9.17) is 0 Å². The third kappa shape index (κ3) is 4.82. The first-order valence-electron chi connectivity index (χ1n) is 9.52. The summed E-state index contributed by atoms with van der Waals surface area (Å²) in [6.45, 7) is 4.77. The number of benzene rings is 2. The molecule has 2 aromatic rings. The summed E-state index contributed by atoms with van der Waals surface area (Å²) >= 11 is 0. The zero-order valence-corrected chi connectivity index (χ0v) is 17.3. The quantitative estimate of drug-likeness (QED) is 0.743. The van der Waals surface area contributed by atoms with Crippen molar-refractivity contribution in [1.29, 1.82) is 0 Å². The highest BCUT2D eigenvalue weighted by Crippen LogP contribution is 2.22. The lowest BCUT2D eigenvalue weighted by Crippen LogP contribution is -2.50. The van der Waals surface area contributed by atoms with E-state index in [1.54, 1.807) is 17.0 Å². The maximum absolute atomic E-state index is 13.9. The number of sulfonamides is 1. The highest BCUT2D eigenvalue weighted by atomic mass is 32.2. The van der Waals surface area contributed by atoms with E-state index in [1.807, 2.05) is 12.1 Å². The van der Waals surface area contributed by atoms with Crippen molar-refractivity contribution in [3.63, 3.8) is 0 Å². The zero-order chi connectivity index (χ0) is 21.2. The van der Waals surface area contributed by atoms with Crippen LogP contribution in [-0.4, -0.2) is 49.7 Å². The van der Waals surface area contributed by atoms with Crippen LogP contribution in [0.15, 0.2) is 47.4 Å². The average molecular weight is 422 g/mol. The fourth-order valence-corrected chi connectivity index (χ4v) is 4.86. The Hall–Kier alpha value is -2.32. The van der Waals surface area contributed by atoms with Crippen LogP contribution in [0.25, 0.3) is 0 Å². The predicted molar refractivity (Wildman–Crippen MR) is 106 cm³/mol. The molecule has 0 aliphatic carbocycles. The van der Waals surface area contributed by atoms with Gasteiger partial charge in [0.2, 0.25) is 10.0 Å². The van der Waals surface area contributed by atoms with Gasteiger partial charge >= 0.3 is 0 Å². The fraction of sp³-hybridized carbons (Fsp3) is 0.381. The lowest BCUT2D eigenvalue weighted by molar-refractivity contribution is 0.0697. The van der Waals surface area contributed by atoms with E-state index in [9.17, 15) is 22.0 Å². The molecule has 5 nitrogen and oxygen atoms in total. The van der Waals surface area contributed by atoms with Crippen LogP contribution < -0.4 is 0 Å². The summed E-state index contributed by atoms with van der Waals surface area (Å²) in [4.78, 5) is 13.7. The van der Waals surface area contributed by atoms with E-state index in [2.05, 4.69) is 13.8 Å². The first kappa shape index (κ1) is 21.4. The highest BCUT2D eigenvalue weighted by molar-refractivity contribution is 7.89. The molecular weight excluding hydrogens is 398 g/mol. The van der Waals surface area contributed by atoms with Crippen molar-refractivity contribution in [3.8, 4) is 0 Å². The molecule has 1 heterocycles. The normalized spacial score (nSPS) is 15.7. The predicted octanol–water partition coefficient (Wildman–Crippen LogP) is 3.31. The van der Waals surface area contributed by atoms with Crippen LogP contribution in [-0.2, 0) is 16.4 Å². The minimum atomic E-state index is -4.09. The molecule has 1 saturated heterocycles. The summed E-state index contributed by atoms with van der Waals surface area (Å²) in [7, 11) is -4.09. The highest BCUT2D eigenvalue weighted by Gasteiger charge is 2.32. The first-order chi connectivity index (χ1) is 13.7. The van der Waals surface area contributed by atoms with Gasteiger partial charge in [-0.05, 0) is 42.2 Å². The number of hydrogen-bond acceptors (Lipinski definition) is 3. The molecule has 0 bridgehead atoms. The van der Waals surface area contributed by atoms with Gasteiger partial charge in [-0.1, -0.05) is 26.0 Å². The number of halogens is 2. The molecule has 0 N–H and O–H groups in total. The average Bonchev–Trinajstić information content (AvgIpc) is 2.67. The van der Waals surface area contributed by atoms with E-state index in [1.165, 1.54) is 0 Å². The number of piperazine rings is 1. The summed E-state index contributed by atoms with van der Waals surface area (Å²) < 4.78 is 53.4. The van der Waals surface area contributed by atoms with Gasteiger partial charge in [0.1, 0.15) is 16.5 Å². The Labute approximate surface area is 170 Å². The molecule has 0 saturated carbocycles. The van der Waals surface area contributed by atoms with Crippen LogP contribution in [0.5, 0.6) is 0 Å². The van der Waals surface area contributed by atoms with Crippen LogP contribution in [0.2, 0.25) is 0 Å². The summed E-state index contributed by atoms with van der Waals surface area (Å²) in [6.07, 6.45) is 0.935. The molecule has 8 heteroatoms. The van der Waals surface area contributed by atoms with Gasteiger partial charge in [-0.25, -0.2) is 17.2 Å². The molecule has 1 aliphatic heterocycles. The summed E-state index contributed by atoms with van der Waals surface area (Å²) in [6, 6.07) is 9.84. The van der Waals surface area contributed by atoms with Crippen molar-refractivity contribution in [2.45, 2.75) is 25.2 Å². The largest absolute Gasteiger partial charge is 0.336 e. The van der Waals surface area contributed by atoms with Crippen molar-refractivity contribution in [3.05, 3.63) is 65.2 Å². The van der Waals surface area contributed by atoms with Crippen molar-refractivity contribution < 1.29 is 22.0 Å². The summed E-state index contributed by atoms with van der Waals surface area (Å²) in [5.74, 6) is -1.59. The Kier molecular flexibility index (Phi) is 6.33. The summed E-state index contributed by atoms with van der Waals surface area (Å²) in [5.41, 5.74) is 1.71. The second-order valence-corrected chi connectivity index (χ2v) is 9.47. The van der Waals surface area contributed by atoms with Gasteiger partial charge in [-0.3, -0.25) is 4.79 Å². The molecule has 29 heavy (non-hydrogen) atoms. The lowest BCUT2D eigenvalue weighted by Gasteiger charge is -2.34. The molecule has 0 aromatic heterocycles. The van der Waals surface area contributed by atoms with E-state index < -0.39 is 26.6 Å². The van der Waals surface area contributed by atoms with Crippen LogP contribution in [0.3, 0.4) is 0 Å². The molecular formula is C21H24F2N2O3S. The standard InChI is InChI=1S/C21H24F2N2O3S/c1-15(2)13-16-3-5-17(6-4-16)21(26)24-9-11-25(12-10-24)29(27,28)20-8-7-18(22)14-19(20)23/h3-8,14-15H,9-13H2,1-2H3. The Morgan fingerprint density at radius 2 is 1.62 bits per heavy atom. The van der Waals surface area contributed by atoms with Gasteiger partial charge in [-0.2, -0.15) is 4.31 Å².